The maximum atomic E-state index is 4.58. The molecule has 0 bridgehead atoms. The van der Waals surface area contributed by atoms with Crippen molar-refractivity contribution in [1.29, 1.82) is 0 Å². The fraction of sp³-hybridized carbons (Fsp3) is 0.556. The van der Waals surface area contributed by atoms with Crippen LogP contribution >= 0.6 is 11.3 Å². The van der Waals surface area contributed by atoms with Crippen LogP contribution in [0.2, 0.25) is 0 Å². The monoisotopic (exact) mass is 360 g/mol. The Labute approximate surface area is 153 Å². The van der Waals surface area contributed by atoms with E-state index in [2.05, 4.69) is 36.9 Å². The summed E-state index contributed by atoms with van der Waals surface area (Å²) in [5.74, 6) is 0.864. The molecule has 3 rings (SSSR count). The highest BCUT2D eigenvalue weighted by Gasteiger charge is 2.09. The van der Waals surface area contributed by atoms with Crippen molar-refractivity contribution in [1.82, 2.24) is 20.5 Å². The Bertz CT molecular complexity index is 644. The number of nitrogens with zero attached hydrogens (tertiary/aromatic N) is 3. The van der Waals surface area contributed by atoms with E-state index in [-0.39, 0.29) is 0 Å². The number of aliphatic imine (C=N–C) groups is 1. The number of rotatable bonds is 7. The number of hydrogen-bond acceptors (Lipinski definition) is 5. The predicted octanol–water partition coefficient (Wildman–Crippen LogP) is 2.36. The van der Waals surface area contributed by atoms with Gasteiger partial charge in [-0.25, -0.2) is 4.98 Å². The van der Waals surface area contributed by atoms with E-state index >= 15 is 0 Å². The Kier molecular flexibility index (Phi) is 6.88. The maximum absolute atomic E-state index is 4.58. The van der Waals surface area contributed by atoms with Crippen molar-refractivity contribution in [3.63, 3.8) is 0 Å². The summed E-state index contributed by atoms with van der Waals surface area (Å²) >= 11 is 1.69. The van der Waals surface area contributed by atoms with Crippen molar-refractivity contribution < 1.29 is 0 Å². The van der Waals surface area contributed by atoms with E-state index < -0.39 is 0 Å². The molecule has 0 amide bonds. The number of likely N-dealkylation sites (tertiary alicyclic amines) is 1. The summed E-state index contributed by atoms with van der Waals surface area (Å²) in [4.78, 5) is 11.4. The summed E-state index contributed by atoms with van der Waals surface area (Å²) in [6.45, 7) is 6.11. The van der Waals surface area contributed by atoms with Crippen LogP contribution in [0.4, 0.5) is 5.13 Å². The Morgan fingerprint density at radius 3 is 2.72 bits per heavy atom. The SMILES string of the molecule is CN=C(NCCNc1nc2ccccc2s1)NCCN1CCCCC1. The molecule has 0 radical (unpaired) electrons. The smallest absolute Gasteiger partial charge is 0.191 e. The van der Waals surface area contributed by atoms with Crippen LogP contribution in [0.3, 0.4) is 0 Å². The van der Waals surface area contributed by atoms with Gasteiger partial charge in [-0.3, -0.25) is 4.99 Å². The molecular weight excluding hydrogens is 332 g/mol. The van der Waals surface area contributed by atoms with Crippen LogP contribution in [0.15, 0.2) is 29.3 Å². The van der Waals surface area contributed by atoms with Gasteiger partial charge in [0.15, 0.2) is 11.1 Å². The van der Waals surface area contributed by atoms with Crippen LogP contribution in [-0.4, -0.2) is 62.2 Å². The highest BCUT2D eigenvalue weighted by molar-refractivity contribution is 7.22. The Balaban J connectivity index is 1.32. The Hall–Kier alpha value is -1.86. The fourth-order valence-corrected chi connectivity index (χ4v) is 3.93. The standard InChI is InChI=1S/C18H28N6S/c1-19-17(21-11-14-24-12-5-2-6-13-24)20-9-10-22-18-23-15-7-3-4-8-16(15)25-18/h3-4,7-8H,2,5-6,9-14H2,1H3,(H,22,23)(H2,19,20,21). The molecule has 0 atom stereocenters. The number of aromatic nitrogens is 1. The van der Waals surface area contributed by atoms with Gasteiger partial charge in [0.2, 0.25) is 0 Å². The van der Waals surface area contributed by atoms with E-state index in [0.717, 1.165) is 42.8 Å². The minimum absolute atomic E-state index is 0.805. The molecule has 1 aromatic carbocycles. The Morgan fingerprint density at radius 2 is 1.92 bits per heavy atom. The lowest BCUT2D eigenvalue weighted by atomic mass is 10.1. The Morgan fingerprint density at radius 1 is 1.12 bits per heavy atom. The molecule has 0 aliphatic carbocycles. The number of nitrogens with one attached hydrogen (secondary N) is 3. The molecule has 2 aromatic rings. The van der Waals surface area contributed by atoms with Gasteiger partial charge >= 0.3 is 0 Å². The molecule has 1 aliphatic heterocycles. The third-order valence-electron chi connectivity index (χ3n) is 4.38. The first kappa shape index (κ1) is 17.9. The number of guanidine groups is 1. The van der Waals surface area contributed by atoms with Crippen molar-refractivity contribution in [3.05, 3.63) is 24.3 Å². The van der Waals surface area contributed by atoms with Gasteiger partial charge in [0.25, 0.3) is 0 Å². The second kappa shape index (κ2) is 9.58. The van der Waals surface area contributed by atoms with Crippen LogP contribution < -0.4 is 16.0 Å². The molecule has 1 aromatic heterocycles. The number of fused-ring (bicyclic) bond motifs is 1. The maximum Gasteiger partial charge on any atom is 0.191 e. The van der Waals surface area contributed by atoms with Gasteiger partial charge in [-0.05, 0) is 38.1 Å². The molecule has 0 spiro atoms. The number of benzene rings is 1. The van der Waals surface area contributed by atoms with E-state index in [1.54, 1.807) is 11.3 Å². The largest absolute Gasteiger partial charge is 0.360 e. The van der Waals surface area contributed by atoms with Crippen LogP contribution in [0.5, 0.6) is 0 Å². The van der Waals surface area contributed by atoms with E-state index in [1.807, 2.05) is 25.2 Å². The van der Waals surface area contributed by atoms with Crippen molar-refractivity contribution in [2.24, 2.45) is 4.99 Å². The van der Waals surface area contributed by atoms with Gasteiger partial charge in [0.05, 0.1) is 10.2 Å². The molecule has 3 N–H and O–H groups in total. The number of para-hydroxylation sites is 1. The number of anilines is 1. The van der Waals surface area contributed by atoms with Crippen LogP contribution in [0.25, 0.3) is 10.2 Å². The molecule has 1 fully saturated rings. The van der Waals surface area contributed by atoms with Crippen LogP contribution in [0.1, 0.15) is 19.3 Å². The molecule has 6 nitrogen and oxygen atoms in total. The van der Waals surface area contributed by atoms with E-state index in [9.17, 15) is 0 Å². The molecule has 2 heterocycles. The number of piperidine rings is 1. The van der Waals surface area contributed by atoms with Gasteiger partial charge < -0.3 is 20.9 Å². The molecule has 136 valence electrons. The lowest BCUT2D eigenvalue weighted by molar-refractivity contribution is 0.232. The molecule has 0 saturated carbocycles. The van der Waals surface area contributed by atoms with Crippen molar-refractivity contribution in [2.45, 2.75) is 19.3 Å². The molecule has 1 aliphatic rings. The van der Waals surface area contributed by atoms with Crippen molar-refractivity contribution >= 4 is 32.6 Å². The molecule has 0 unspecified atom stereocenters. The first-order valence-corrected chi connectivity index (χ1v) is 9.93. The lowest BCUT2D eigenvalue weighted by Gasteiger charge is -2.26. The lowest BCUT2D eigenvalue weighted by Crippen LogP contribution is -2.43. The highest BCUT2D eigenvalue weighted by Crippen LogP contribution is 2.24. The van der Waals surface area contributed by atoms with Gasteiger partial charge in [0, 0.05) is 33.2 Å². The van der Waals surface area contributed by atoms with E-state index in [1.165, 1.54) is 37.1 Å². The molecule has 25 heavy (non-hydrogen) atoms. The number of hydrogen-bond donors (Lipinski definition) is 3. The quantitative estimate of drug-likeness (QED) is 0.402. The summed E-state index contributed by atoms with van der Waals surface area (Å²) in [6.07, 6.45) is 4.06. The summed E-state index contributed by atoms with van der Waals surface area (Å²) in [6, 6.07) is 8.21. The van der Waals surface area contributed by atoms with Gasteiger partial charge in [0.1, 0.15) is 0 Å². The molecule has 7 heteroatoms. The third kappa shape index (κ3) is 5.57. The average Bonchev–Trinajstić information content (AvgIpc) is 3.07. The van der Waals surface area contributed by atoms with Crippen molar-refractivity contribution in [3.8, 4) is 0 Å². The predicted molar refractivity (Wildman–Crippen MR) is 108 cm³/mol. The van der Waals surface area contributed by atoms with Gasteiger partial charge in [-0.1, -0.05) is 29.9 Å². The minimum atomic E-state index is 0.805. The number of thiazole rings is 1. The van der Waals surface area contributed by atoms with Crippen LogP contribution in [-0.2, 0) is 0 Å². The first-order valence-electron chi connectivity index (χ1n) is 9.11. The van der Waals surface area contributed by atoms with Crippen molar-refractivity contribution in [2.75, 3.05) is 51.6 Å². The summed E-state index contributed by atoms with van der Waals surface area (Å²) in [7, 11) is 1.82. The summed E-state index contributed by atoms with van der Waals surface area (Å²) in [5.41, 5.74) is 1.05. The normalized spacial score (nSPS) is 16.1. The second-order valence-corrected chi connectivity index (χ2v) is 7.27. The molecular formula is C18H28N6S. The summed E-state index contributed by atoms with van der Waals surface area (Å²) in [5, 5.41) is 11.1. The van der Waals surface area contributed by atoms with E-state index in [4.69, 9.17) is 0 Å². The molecule has 1 saturated heterocycles. The zero-order chi connectivity index (χ0) is 17.3. The zero-order valence-electron chi connectivity index (χ0n) is 14.9. The zero-order valence-corrected chi connectivity index (χ0v) is 15.7. The second-order valence-electron chi connectivity index (χ2n) is 6.24. The van der Waals surface area contributed by atoms with E-state index in [0.29, 0.717) is 0 Å². The van der Waals surface area contributed by atoms with Gasteiger partial charge in [-0.2, -0.15) is 0 Å². The third-order valence-corrected chi connectivity index (χ3v) is 5.37. The minimum Gasteiger partial charge on any atom is -0.360 e. The first-order chi connectivity index (χ1) is 12.3. The fourth-order valence-electron chi connectivity index (χ4n) is 3.03. The van der Waals surface area contributed by atoms with Crippen LogP contribution in [0, 0.1) is 0 Å². The highest BCUT2D eigenvalue weighted by atomic mass is 32.1. The topological polar surface area (TPSA) is 64.6 Å². The average molecular weight is 361 g/mol. The summed E-state index contributed by atoms with van der Waals surface area (Å²) < 4.78 is 1.22. The van der Waals surface area contributed by atoms with Gasteiger partial charge in [-0.15, -0.1) is 0 Å².